The predicted octanol–water partition coefficient (Wildman–Crippen LogP) is -1.07. The van der Waals surface area contributed by atoms with Crippen LogP contribution in [-0.2, 0) is 4.79 Å². The van der Waals surface area contributed by atoms with Crippen molar-refractivity contribution in [1.82, 2.24) is 4.90 Å². The molecule has 0 aromatic carbocycles. The maximum Gasteiger partial charge on any atom is 0.224 e. The monoisotopic (exact) mass is 158 g/mol. The molecule has 0 aliphatic carbocycles. The molecule has 1 unspecified atom stereocenters. The molecule has 3 N–H and O–H groups in total. The maximum absolute atomic E-state index is 11.0. The highest BCUT2D eigenvalue weighted by Crippen LogP contribution is 2.21. The second-order valence-electron chi connectivity index (χ2n) is 3.26. The minimum atomic E-state index is -0.486. The summed E-state index contributed by atoms with van der Waals surface area (Å²) in [6.45, 7) is 0.615. The third-order valence-electron chi connectivity index (χ3n) is 2.09. The molecule has 64 valence electrons. The summed E-state index contributed by atoms with van der Waals surface area (Å²) in [7, 11) is 1.73. The van der Waals surface area contributed by atoms with Crippen LogP contribution in [0.4, 0.5) is 0 Å². The van der Waals surface area contributed by atoms with E-state index in [-0.39, 0.29) is 12.5 Å². The molecule has 1 saturated heterocycles. The smallest absolute Gasteiger partial charge is 0.224 e. The Morgan fingerprint density at radius 2 is 2.45 bits per heavy atom. The van der Waals surface area contributed by atoms with Crippen molar-refractivity contribution in [2.24, 2.45) is 5.73 Å². The van der Waals surface area contributed by atoms with Gasteiger partial charge in [0.2, 0.25) is 5.91 Å². The molecular weight excluding hydrogens is 144 g/mol. The molecule has 1 rings (SSSR count). The lowest BCUT2D eigenvalue weighted by Crippen LogP contribution is -2.42. The molecule has 0 saturated carbocycles. The van der Waals surface area contributed by atoms with E-state index < -0.39 is 5.54 Å². The van der Waals surface area contributed by atoms with Crippen molar-refractivity contribution in [2.45, 2.75) is 18.4 Å². The van der Waals surface area contributed by atoms with Gasteiger partial charge < -0.3 is 15.7 Å². The van der Waals surface area contributed by atoms with E-state index in [1.54, 1.807) is 11.9 Å². The van der Waals surface area contributed by atoms with Crippen LogP contribution in [0, 0.1) is 0 Å². The van der Waals surface area contributed by atoms with E-state index >= 15 is 0 Å². The number of carbonyl (C=O) groups is 1. The Morgan fingerprint density at radius 3 is 2.82 bits per heavy atom. The van der Waals surface area contributed by atoms with Crippen molar-refractivity contribution in [2.75, 3.05) is 20.2 Å². The van der Waals surface area contributed by atoms with E-state index in [0.717, 1.165) is 0 Å². The summed E-state index contributed by atoms with van der Waals surface area (Å²) >= 11 is 0. The number of likely N-dealkylation sites (N-methyl/N-ethyl adjacent to an activating group) is 1. The molecular formula is C7H14N2O2. The second-order valence-corrected chi connectivity index (χ2v) is 3.26. The number of hydrogen-bond acceptors (Lipinski definition) is 3. The van der Waals surface area contributed by atoms with Gasteiger partial charge in [0, 0.05) is 32.2 Å². The number of nitrogens with two attached hydrogens (primary N) is 1. The van der Waals surface area contributed by atoms with Crippen LogP contribution < -0.4 is 5.73 Å². The van der Waals surface area contributed by atoms with Crippen LogP contribution in [0.15, 0.2) is 0 Å². The molecule has 1 atom stereocenters. The number of carbonyl (C=O) groups excluding carboxylic acids is 1. The van der Waals surface area contributed by atoms with Gasteiger partial charge in [-0.05, 0) is 6.42 Å². The number of nitrogens with zero attached hydrogens (tertiary/aromatic N) is 1. The number of aliphatic hydroxyl groups excluding tert-OH is 1. The van der Waals surface area contributed by atoms with E-state index in [0.29, 0.717) is 19.4 Å². The minimum Gasteiger partial charge on any atom is -0.396 e. The lowest BCUT2D eigenvalue weighted by molar-refractivity contribution is -0.126. The first-order chi connectivity index (χ1) is 5.07. The molecule has 0 aromatic rings. The molecule has 4 heteroatoms. The van der Waals surface area contributed by atoms with Crippen molar-refractivity contribution in [3.8, 4) is 0 Å². The molecule has 0 radical (unpaired) electrons. The van der Waals surface area contributed by atoms with E-state index in [1.807, 2.05) is 0 Å². The molecule has 1 heterocycles. The van der Waals surface area contributed by atoms with Gasteiger partial charge >= 0.3 is 0 Å². The molecule has 1 amide bonds. The average molecular weight is 158 g/mol. The van der Waals surface area contributed by atoms with Crippen LogP contribution in [0.2, 0.25) is 0 Å². The second kappa shape index (κ2) is 2.79. The minimum absolute atomic E-state index is 0.0532. The lowest BCUT2D eigenvalue weighted by atomic mass is 9.96. The lowest BCUT2D eigenvalue weighted by Gasteiger charge is -2.20. The van der Waals surface area contributed by atoms with Gasteiger partial charge in [-0.25, -0.2) is 0 Å². The quantitative estimate of drug-likeness (QED) is 0.537. The number of aliphatic hydroxyl groups is 1. The number of hydrogen-bond donors (Lipinski definition) is 2. The zero-order valence-electron chi connectivity index (χ0n) is 6.71. The van der Waals surface area contributed by atoms with E-state index in [4.69, 9.17) is 10.8 Å². The molecule has 1 fully saturated rings. The Balaban J connectivity index is 2.56. The highest BCUT2D eigenvalue weighted by Gasteiger charge is 2.37. The zero-order valence-corrected chi connectivity index (χ0v) is 6.71. The summed E-state index contributed by atoms with van der Waals surface area (Å²) in [4.78, 5) is 12.6. The summed E-state index contributed by atoms with van der Waals surface area (Å²) < 4.78 is 0. The van der Waals surface area contributed by atoms with Crippen molar-refractivity contribution >= 4 is 5.91 Å². The first kappa shape index (κ1) is 8.49. The molecule has 0 bridgehead atoms. The van der Waals surface area contributed by atoms with Crippen LogP contribution in [0.25, 0.3) is 0 Å². The maximum atomic E-state index is 11.0. The van der Waals surface area contributed by atoms with Crippen LogP contribution >= 0.6 is 0 Å². The van der Waals surface area contributed by atoms with Crippen molar-refractivity contribution in [3.05, 3.63) is 0 Å². The van der Waals surface area contributed by atoms with Gasteiger partial charge in [-0.3, -0.25) is 4.79 Å². The standard InChI is InChI=1S/C7H14N2O2/c1-9-5-7(8,2-3-10)4-6(9)11/h10H,2-5,8H2,1H3. The number of rotatable bonds is 2. The molecule has 11 heavy (non-hydrogen) atoms. The predicted molar refractivity (Wildman–Crippen MR) is 40.9 cm³/mol. The molecule has 0 aromatic heterocycles. The third-order valence-corrected chi connectivity index (χ3v) is 2.09. The zero-order chi connectivity index (χ0) is 8.48. The number of amides is 1. The van der Waals surface area contributed by atoms with E-state index in [2.05, 4.69) is 0 Å². The fraction of sp³-hybridized carbons (Fsp3) is 0.857. The molecule has 1 aliphatic rings. The fourth-order valence-electron chi connectivity index (χ4n) is 1.44. The van der Waals surface area contributed by atoms with Gasteiger partial charge in [0.15, 0.2) is 0 Å². The Hall–Kier alpha value is -0.610. The van der Waals surface area contributed by atoms with Crippen LogP contribution in [0.5, 0.6) is 0 Å². The first-order valence-corrected chi connectivity index (χ1v) is 3.71. The fourth-order valence-corrected chi connectivity index (χ4v) is 1.44. The largest absolute Gasteiger partial charge is 0.396 e. The van der Waals surface area contributed by atoms with E-state index in [9.17, 15) is 4.79 Å². The highest BCUT2D eigenvalue weighted by atomic mass is 16.3. The van der Waals surface area contributed by atoms with Crippen LogP contribution in [0.3, 0.4) is 0 Å². The molecule has 0 spiro atoms. The van der Waals surface area contributed by atoms with Crippen molar-refractivity contribution in [1.29, 1.82) is 0 Å². The highest BCUT2D eigenvalue weighted by molar-refractivity contribution is 5.79. The summed E-state index contributed by atoms with van der Waals surface area (Å²) in [6, 6.07) is 0. The Morgan fingerprint density at radius 1 is 1.82 bits per heavy atom. The Kier molecular flexibility index (Phi) is 2.15. The van der Waals surface area contributed by atoms with Gasteiger partial charge in [-0.1, -0.05) is 0 Å². The summed E-state index contributed by atoms with van der Waals surface area (Å²) in [5.41, 5.74) is 5.34. The summed E-state index contributed by atoms with van der Waals surface area (Å²) in [6.07, 6.45) is 0.868. The average Bonchev–Trinajstić information content (AvgIpc) is 2.08. The summed E-state index contributed by atoms with van der Waals surface area (Å²) in [5.74, 6) is 0.0703. The normalized spacial score (nSPS) is 31.5. The van der Waals surface area contributed by atoms with Crippen molar-refractivity contribution < 1.29 is 9.90 Å². The molecule has 1 aliphatic heterocycles. The van der Waals surface area contributed by atoms with Crippen molar-refractivity contribution in [3.63, 3.8) is 0 Å². The van der Waals surface area contributed by atoms with Gasteiger partial charge in [0.1, 0.15) is 0 Å². The Bertz CT molecular complexity index is 172. The van der Waals surface area contributed by atoms with Gasteiger partial charge in [-0.2, -0.15) is 0 Å². The topological polar surface area (TPSA) is 66.6 Å². The van der Waals surface area contributed by atoms with Gasteiger partial charge in [-0.15, -0.1) is 0 Å². The number of likely N-dealkylation sites (tertiary alicyclic amines) is 1. The SMILES string of the molecule is CN1CC(N)(CCO)CC1=O. The van der Waals surface area contributed by atoms with Gasteiger partial charge in [0.25, 0.3) is 0 Å². The van der Waals surface area contributed by atoms with Crippen LogP contribution in [-0.4, -0.2) is 41.7 Å². The van der Waals surface area contributed by atoms with Gasteiger partial charge in [0.05, 0.1) is 0 Å². The summed E-state index contributed by atoms with van der Waals surface area (Å²) in [5, 5.41) is 8.65. The van der Waals surface area contributed by atoms with E-state index in [1.165, 1.54) is 0 Å². The first-order valence-electron chi connectivity index (χ1n) is 3.71. The third kappa shape index (κ3) is 1.70. The molecule has 4 nitrogen and oxygen atoms in total. The van der Waals surface area contributed by atoms with Crippen LogP contribution in [0.1, 0.15) is 12.8 Å². The Labute approximate surface area is 66.0 Å².